The number of hydrogen-bond acceptors (Lipinski definition) is 2. The second-order valence-corrected chi connectivity index (χ2v) is 3.86. The number of halogens is 2. The van der Waals surface area contributed by atoms with Crippen molar-refractivity contribution < 1.29 is 13.5 Å². The molecule has 0 heterocycles. The summed E-state index contributed by atoms with van der Waals surface area (Å²) in [5, 5.41) is 0. The molecule has 0 fully saturated rings. The van der Waals surface area contributed by atoms with E-state index in [9.17, 15) is 8.78 Å². The van der Waals surface area contributed by atoms with Crippen molar-refractivity contribution in [3.05, 3.63) is 28.8 Å². The van der Waals surface area contributed by atoms with Crippen LogP contribution in [0.25, 0.3) is 0 Å². The van der Waals surface area contributed by atoms with Crippen molar-refractivity contribution in [2.45, 2.75) is 26.2 Å². The van der Waals surface area contributed by atoms with Crippen LogP contribution in [-0.4, -0.2) is 13.7 Å². The summed E-state index contributed by atoms with van der Waals surface area (Å²) in [5.41, 5.74) is 7.22. The molecule has 0 aliphatic carbocycles. The SMILES string of the molecule is COc1c(C(F)F)ccc(C)c1C(C)CN. The Bertz CT molecular complexity index is 366. The third-order valence-corrected chi connectivity index (χ3v) is 2.73. The molecule has 0 saturated carbocycles. The van der Waals surface area contributed by atoms with Crippen LogP contribution in [-0.2, 0) is 0 Å². The molecule has 90 valence electrons. The predicted molar refractivity (Wildman–Crippen MR) is 60.2 cm³/mol. The zero-order valence-electron chi connectivity index (χ0n) is 9.76. The van der Waals surface area contributed by atoms with Gasteiger partial charge in [-0.3, -0.25) is 0 Å². The first-order chi connectivity index (χ1) is 7.52. The molecule has 2 nitrogen and oxygen atoms in total. The van der Waals surface area contributed by atoms with E-state index in [0.29, 0.717) is 6.54 Å². The van der Waals surface area contributed by atoms with E-state index in [4.69, 9.17) is 10.5 Å². The fourth-order valence-electron chi connectivity index (χ4n) is 1.84. The van der Waals surface area contributed by atoms with Crippen LogP contribution in [0.4, 0.5) is 8.78 Å². The molecular formula is C12H17F2NO. The Balaban J connectivity index is 3.38. The minimum Gasteiger partial charge on any atom is -0.496 e. The molecule has 1 rings (SSSR count). The fourth-order valence-corrected chi connectivity index (χ4v) is 1.84. The highest BCUT2D eigenvalue weighted by atomic mass is 19.3. The number of rotatable bonds is 4. The standard InChI is InChI=1S/C12H17F2NO/c1-7-4-5-9(12(13)14)11(16-3)10(7)8(2)6-15/h4-5,8,12H,6,15H2,1-3H3. The van der Waals surface area contributed by atoms with E-state index in [1.165, 1.54) is 13.2 Å². The average Bonchev–Trinajstić information content (AvgIpc) is 2.26. The van der Waals surface area contributed by atoms with Gasteiger partial charge in [-0.1, -0.05) is 13.0 Å². The summed E-state index contributed by atoms with van der Waals surface area (Å²) < 4.78 is 30.7. The van der Waals surface area contributed by atoms with Gasteiger partial charge in [-0.05, 0) is 31.0 Å². The van der Waals surface area contributed by atoms with Gasteiger partial charge in [0, 0.05) is 5.56 Å². The zero-order chi connectivity index (χ0) is 12.3. The van der Waals surface area contributed by atoms with Gasteiger partial charge in [0.2, 0.25) is 0 Å². The Hall–Kier alpha value is -1.16. The molecule has 1 atom stereocenters. The smallest absolute Gasteiger partial charge is 0.267 e. The molecule has 1 unspecified atom stereocenters. The van der Waals surface area contributed by atoms with Crippen LogP contribution in [0, 0.1) is 6.92 Å². The summed E-state index contributed by atoms with van der Waals surface area (Å²) in [4.78, 5) is 0. The van der Waals surface area contributed by atoms with E-state index in [2.05, 4.69) is 0 Å². The summed E-state index contributed by atoms with van der Waals surface area (Å²) in [6.07, 6.45) is -2.53. The average molecular weight is 229 g/mol. The number of hydrogen-bond donors (Lipinski definition) is 1. The Labute approximate surface area is 94.4 Å². The van der Waals surface area contributed by atoms with Crippen molar-refractivity contribution in [1.29, 1.82) is 0 Å². The molecule has 1 aromatic carbocycles. The van der Waals surface area contributed by atoms with E-state index in [1.807, 2.05) is 13.8 Å². The third kappa shape index (κ3) is 2.32. The van der Waals surface area contributed by atoms with Gasteiger partial charge < -0.3 is 10.5 Å². The lowest BCUT2D eigenvalue weighted by Crippen LogP contribution is -2.12. The third-order valence-electron chi connectivity index (χ3n) is 2.73. The molecule has 0 amide bonds. The molecule has 0 aliphatic rings. The molecular weight excluding hydrogens is 212 g/mol. The van der Waals surface area contributed by atoms with Crippen LogP contribution in [0.1, 0.15) is 36.0 Å². The zero-order valence-corrected chi connectivity index (χ0v) is 9.76. The van der Waals surface area contributed by atoms with Crippen LogP contribution < -0.4 is 10.5 Å². The van der Waals surface area contributed by atoms with Gasteiger partial charge in [0.15, 0.2) is 0 Å². The summed E-state index contributed by atoms with van der Waals surface area (Å²) in [6.45, 7) is 4.18. The highest BCUT2D eigenvalue weighted by Gasteiger charge is 2.21. The molecule has 0 radical (unpaired) electrons. The normalized spacial score (nSPS) is 12.9. The Morgan fingerprint density at radius 1 is 1.38 bits per heavy atom. The quantitative estimate of drug-likeness (QED) is 0.861. The Morgan fingerprint density at radius 3 is 2.44 bits per heavy atom. The molecule has 0 aliphatic heterocycles. The van der Waals surface area contributed by atoms with Crippen LogP contribution >= 0.6 is 0 Å². The topological polar surface area (TPSA) is 35.2 Å². The van der Waals surface area contributed by atoms with Gasteiger partial charge in [-0.25, -0.2) is 8.78 Å². The first-order valence-corrected chi connectivity index (χ1v) is 5.18. The lowest BCUT2D eigenvalue weighted by atomic mass is 9.93. The van der Waals surface area contributed by atoms with Gasteiger partial charge in [-0.2, -0.15) is 0 Å². The Kier molecular flexibility index (Phi) is 4.24. The minimum atomic E-state index is -2.53. The summed E-state index contributed by atoms with van der Waals surface area (Å²) in [5.74, 6) is 0.279. The summed E-state index contributed by atoms with van der Waals surface area (Å²) in [7, 11) is 1.41. The fraction of sp³-hybridized carbons (Fsp3) is 0.500. The van der Waals surface area contributed by atoms with Crippen LogP contribution in [0.3, 0.4) is 0 Å². The first-order valence-electron chi connectivity index (χ1n) is 5.18. The molecule has 4 heteroatoms. The molecule has 0 spiro atoms. The highest BCUT2D eigenvalue weighted by molar-refractivity contribution is 5.48. The first kappa shape index (κ1) is 12.9. The number of nitrogens with two attached hydrogens (primary N) is 1. The van der Waals surface area contributed by atoms with Crippen molar-refractivity contribution >= 4 is 0 Å². The number of methoxy groups -OCH3 is 1. The van der Waals surface area contributed by atoms with E-state index in [0.717, 1.165) is 11.1 Å². The van der Waals surface area contributed by atoms with E-state index in [1.54, 1.807) is 6.07 Å². The van der Waals surface area contributed by atoms with Crippen LogP contribution in [0.2, 0.25) is 0 Å². The number of alkyl halides is 2. The lowest BCUT2D eigenvalue weighted by Gasteiger charge is -2.19. The van der Waals surface area contributed by atoms with Gasteiger partial charge in [0.25, 0.3) is 6.43 Å². The molecule has 0 saturated heterocycles. The van der Waals surface area contributed by atoms with Crippen molar-refractivity contribution in [1.82, 2.24) is 0 Å². The molecule has 16 heavy (non-hydrogen) atoms. The van der Waals surface area contributed by atoms with Crippen molar-refractivity contribution in [3.63, 3.8) is 0 Å². The summed E-state index contributed by atoms with van der Waals surface area (Å²) in [6, 6.07) is 3.09. The van der Waals surface area contributed by atoms with Crippen molar-refractivity contribution in [3.8, 4) is 5.75 Å². The maximum Gasteiger partial charge on any atom is 0.267 e. The Morgan fingerprint density at radius 2 is 2.00 bits per heavy atom. The second-order valence-electron chi connectivity index (χ2n) is 3.86. The summed E-state index contributed by atoms with van der Waals surface area (Å²) >= 11 is 0. The number of benzene rings is 1. The van der Waals surface area contributed by atoms with Crippen molar-refractivity contribution in [2.24, 2.45) is 5.73 Å². The largest absolute Gasteiger partial charge is 0.496 e. The van der Waals surface area contributed by atoms with Crippen LogP contribution in [0.5, 0.6) is 5.75 Å². The highest BCUT2D eigenvalue weighted by Crippen LogP contribution is 2.37. The van der Waals surface area contributed by atoms with E-state index in [-0.39, 0.29) is 17.2 Å². The van der Waals surface area contributed by atoms with Crippen LogP contribution in [0.15, 0.2) is 12.1 Å². The van der Waals surface area contributed by atoms with E-state index < -0.39 is 6.43 Å². The monoisotopic (exact) mass is 229 g/mol. The lowest BCUT2D eigenvalue weighted by molar-refractivity contribution is 0.146. The van der Waals surface area contributed by atoms with Gasteiger partial charge >= 0.3 is 0 Å². The molecule has 1 aromatic rings. The van der Waals surface area contributed by atoms with Crippen molar-refractivity contribution in [2.75, 3.05) is 13.7 Å². The molecule has 0 bridgehead atoms. The second kappa shape index (κ2) is 5.25. The maximum atomic E-state index is 12.8. The minimum absolute atomic E-state index is 0.00801. The number of aryl methyl sites for hydroxylation is 1. The van der Waals surface area contributed by atoms with Gasteiger partial charge in [-0.15, -0.1) is 0 Å². The van der Waals surface area contributed by atoms with Gasteiger partial charge in [0.1, 0.15) is 5.75 Å². The van der Waals surface area contributed by atoms with Gasteiger partial charge in [0.05, 0.1) is 12.7 Å². The predicted octanol–water partition coefficient (Wildman–Crippen LogP) is 3.00. The van der Waals surface area contributed by atoms with E-state index >= 15 is 0 Å². The number of ether oxygens (including phenoxy) is 1. The molecule has 0 aromatic heterocycles. The maximum absolute atomic E-state index is 12.8. The molecule has 2 N–H and O–H groups in total.